The number of carbonyl (C=O) groups is 1. The summed E-state index contributed by atoms with van der Waals surface area (Å²) in [5, 5.41) is 9.00. The number of esters is 1. The third kappa shape index (κ3) is 4.40. The lowest BCUT2D eigenvalue weighted by atomic mass is 9.86. The minimum absolute atomic E-state index is 0.0182. The summed E-state index contributed by atoms with van der Waals surface area (Å²) in [7, 11) is 0. The Hall–Kier alpha value is -2.34. The van der Waals surface area contributed by atoms with E-state index in [1.54, 1.807) is 0 Å². The van der Waals surface area contributed by atoms with Crippen LogP contribution >= 0.6 is 0 Å². The van der Waals surface area contributed by atoms with Crippen molar-refractivity contribution in [2.24, 2.45) is 0 Å². The molecule has 3 heteroatoms. The molecule has 0 saturated carbocycles. The smallest absolute Gasteiger partial charge is 0.349 e. The molecular formula is C17H19NO2. The molecule has 3 nitrogen and oxygen atoms in total. The van der Waals surface area contributed by atoms with Crippen LogP contribution in [0.15, 0.2) is 42.5 Å². The standard InChI is InChI=1S/C17H19NO2/c1-5-10-20-16(19)14(12-18)11-13-6-8-15(9-7-13)17(2,3)4/h5-9,11H,1,10H2,2-4H3/b14-11-. The van der Waals surface area contributed by atoms with Gasteiger partial charge in [-0.05, 0) is 22.6 Å². The number of hydrogen-bond donors (Lipinski definition) is 0. The summed E-state index contributed by atoms with van der Waals surface area (Å²) < 4.78 is 4.85. The molecule has 104 valence electrons. The molecule has 0 radical (unpaired) electrons. The molecule has 0 heterocycles. The van der Waals surface area contributed by atoms with Crippen LogP contribution in [-0.2, 0) is 14.9 Å². The van der Waals surface area contributed by atoms with Crippen molar-refractivity contribution in [3.05, 3.63) is 53.6 Å². The normalized spacial score (nSPS) is 11.6. The fourth-order valence-corrected chi connectivity index (χ4v) is 1.60. The summed E-state index contributed by atoms with van der Waals surface area (Å²) in [6, 6.07) is 9.62. The number of nitriles is 1. The lowest BCUT2D eigenvalue weighted by Crippen LogP contribution is -2.10. The van der Waals surface area contributed by atoms with Gasteiger partial charge in [-0.1, -0.05) is 57.7 Å². The van der Waals surface area contributed by atoms with Gasteiger partial charge in [0.05, 0.1) is 0 Å². The Labute approximate surface area is 120 Å². The Morgan fingerprint density at radius 3 is 2.40 bits per heavy atom. The zero-order valence-corrected chi connectivity index (χ0v) is 12.1. The molecule has 1 aromatic carbocycles. The highest BCUT2D eigenvalue weighted by Crippen LogP contribution is 2.22. The molecule has 0 amide bonds. The molecule has 1 aromatic rings. The van der Waals surface area contributed by atoms with Crippen molar-refractivity contribution in [3.8, 4) is 6.07 Å². The highest BCUT2D eigenvalue weighted by atomic mass is 16.5. The first-order valence-corrected chi connectivity index (χ1v) is 6.39. The Balaban J connectivity index is 2.94. The van der Waals surface area contributed by atoms with E-state index in [4.69, 9.17) is 10.00 Å². The molecule has 0 aliphatic heterocycles. The van der Waals surface area contributed by atoms with E-state index in [-0.39, 0.29) is 17.6 Å². The number of hydrogen-bond acceptors (Lipinski definition) is 3. The van der Waals surface area contributed by atoms with Crippen molar-refractivity contribution < 1.29 is 9.53 Å². The highest BCUT2D eigenvalue weighted by Gasteiger charge is 2.13. The fraction of sp³-hybridized carbons (Fsp3) is 0.294. The minimum atomic E-state index is -0.632. The van der Waals surface area contributed by atoms with Crippen LogP contribution in [0.2, 0.25) is 0 Å². The van der Waals surface area contributed by atoms with E-state index in [0.29, 0.717) is 0 Å². The van der Waals surface area contributed by atoms with Crippen LogP contribution in [0.5, 0.6) is 0 Å². The maximum Gasteiger partial charge on any atom is 0.349 e. The Morgan fingerprint density at radius 2 is 1.95 bits per heavy atom. The van der Waals surface area contributed by atoms with E-state index >= 15 is 0 Å². The summed E-state index contributed by atoms with van der Waals surface area (Å²) in [6.07, 6.45) is 2.99. The van der Waals surface area contributed by atoms with E-state index in [1.165, 1.54) is 17.7 Å². The number of ether oxygens (including phenoxy) is 1. The first-order chi connectivity index (χ1) is 9.38. The van der Waals surface area contributed by atoms with Crippen LogP contribution in [0.1, 0.15) is 31.9 Å². The fourth-order valence-electron chi connectivity index (χ4n) is 1.60. The van der Waals surface area contributed by atoms with Crippen molar-refractivity contribution in [2.75, 3.05) is 6.61 Å². The quantitative estimate of drug-likeness (QED) is 0.363. The van der Waals surface area contributed by atoms with Gasteiger partial charge in [-0.3, -0.25) is 0 Å². The van der Waals surface area contributed by atoms with E-state index in [0.717, 1.165) is 5.56 Å². The molecule has 0 aliphatic rings. The van der Waals surface area contributed by atoms with Gasteiger partial charge in [-0.15, -0.1) is 0 Å². The molecule has 0 N–H and O–H groups in total. The van der Waals surface area contributed by atoms with Crippen LogP contribution in [0.3, 0.4) is 0 Å². The Kier molecular flexibility index (Phi) is 5.28. The van der Waals surface area contributed by atoms with Gasteiger partial charge in [0, 0.05) is 0 Å². The summed E-state index contributed by atoms with van der Waals surface area (Å²) >= 11 is 0. The monoisotopic (exact) mass is 269 g/mol. The zero-order chi connectivity index (χ0) is 15.2. The predicted octanol–water partition coefficient (Wildman–Crippen LogP) is 3.62. The van der Waals surface area contributed by atoms with Gasteiger partial charge in [-0.25, -0.2) is 4.79 Å². The van der Waals surface area contributed by atoms with Crippen LogP contribution in [0, 0.1) is 11.3 Å². The van der Waals surface area contributed by atoms with Gasteiger partial charge in [-0.2, -0.15) is 5.26 Å². The SMILES string of the molecule is C=CCOC(=O)/C(C#N)=C\c1ccc(C(C)(C)C)cc1. The molecule has 0 bridgehead atoms. The zero-order valence-electron chi connectivity index (χ0n) is 12.1. The number of nitrogens with zero attached hydrogens (tertiary/aromatic N) is 1. The minimum Gasteiger partial charge on any atom is -0.457 e. The summed E-state index contributed by atoms with van der Waals surface area (Å²) in [5.41, 5.74) is 2.05. The lowest BCUT2D eigenvalue weighted by Gasteiger charge is -2.18. The van der Waals surface area contributed by atoms with Crippen molar-refractivity contribution in [2.45, 2.75) is 26.2 Å². The second-order valence-electron chi connectivity index (χ2n) is 5.43. The van der Waals surface area contributed by atoms with E-state index in [1.807, 2.05) is 30.3 Å². The maximum atomic E-state index is 11.6. The third-order valence-electron chi connectivity index (χ3n) is 2.76. The molecule has 1 rings (SSSR count). The molecule has 0 spiro atoms. The van der Waals surface area contributed by atoms with Crippen LogP contribution in [-0.4, -0.2) is 12.6 Å². The lowest BCUT2D eigenvalue weighted by molar-refractivity contribution is -0.137. The Morgan fingerprint density at radius 1 is 1.35 bits per heavy atom. The molecule has 20 heavy (non-hydrogen) atoms. The van der Waals surface area contributed by atoms with Crippen molar-refractivity contribution in [1.29, 1.82) is 5.26 Å². The first kappa shape index (κ1) is 15.7. The molecule has 0 aliphatic carbocycles. The van der Waals surface area contributed by atoms with Crippen LogP contribution in [0.4, 0.5) is 0 Å². The van der Waals surface area contributed by atoms with Gasteiger partial charge < -0.3 is 4.74 Å². The van der Waals surface area contributed by atoms with Crippen molar-refractivity contribution in [1.82, 2.24) is 0 Å². The second-order valence-corrected chi connectivity index (χ2v) is 5.43. The molecule has 0 saturated heterocycles. The van der Waals surface area contributed by atoms with Crippen LogP contribution in [0.25, 0.3) is 6.08 Å². The molecule has 0 atom stereocenters. The van der Waals surface area contributed by atoms with Gasteiger partial charge in [0.2, 0.25) is 0 Å². The van der Waals surface area contributed by atoms with E-state index in [9.17, 15) is 4.79 Å². The van der Waals surface area contributed by atoms with Crippen molar-refractivity contribution >= 4 is 12.0 Å². The third-order valence-corrected chi connectivity index (χ3v) is 2.76. The molecule has 0 unspecified atom stereocenters. The highest BCUT2D eigenvalue weighted by molar-refractivity contribution is 5.97. The summed E-state index contributed by atoms with van der Waals surface area (Å²) in [6.45, 7) is 9.94. The largest absolute Gasteiger partial charge is 0.457 e. The van der Waals surface area contributed by atoms with Gasteiger partial charge in [0.1, 0.15) is 18.2 Å². The maximum absolute atomic E-state index is 11.6. The second kappa shape index (κ2) is 6.72. The topological polar surface area (TPSA) is 50.1 Å². The van der Waals surface area contributed by atoms with Crippen LogP contribution < -0.4 is 0 Å². The predicted molar refractivity (Wildman–Crippen MR) is 79.9 cm³/mol. The number of rotatable bonds is 4. The summed E-state index contributed by atoms with van der Waals surface area (Å²) in [5.74, 6) is -0.632. The van der Waals surface area contributed by atoms with Gasteiger partial charge in [0.25, 0.3) is 0 Å². The van der Waals surface area contributed by atoms with E-state index in [2.05, 4.69) is 27.4 Å². The molecule has 0 fully saturated rings. The Bertz CT molecular complexity index is 554. The van der Waals surface area contributed by atoms with Gasteiger partial charge >= 0.3 is 5.97 Å². The summed E-state index contributed by atoms with van der Waals surface area (Å²) in [4.78, 5) is 11.6. The first-order valence-electron chi connectivity index (χ1n) is 6.39. The van der Waals surface area contributed by atoms with Gasteiger partial charge in [0.15, 0.2) is 0 Å². The average Bonchev–Trinajstić information content (AvgIpc) is 2.41. The molecule has 0 aromatic heterocycles. The number of carbonyl (C=O) groups excluding carboxylic acids is 1. The van der Waals surface area contributed by atoms with Crippen molar-refractivity contribution in [3.63, 3.8) is 0 Å². The van der Waals surface area contributed by atoms with E-state index < -0.39 is 5.97 Å². The average molecular weight is 269 g/mol. The molecular weight excluding hydrogens is 250 g/mol. The number of benzene rings is 1.